The molecule has 4 N–H and O–H groups in total. The van der Waals surface area contributed by atoms with E-state index in [1.807, 2.05) is 30.3 Å². The van der Waals surface area contributed by atoms with Crippen LogP contribution in [0, 0.1) is 11.8 Å². The first-order valence-electron chi connectivity index (χ1n) is 15.1. The average molecular weight is 628 g/mol. The van der Waals surface area contributed by atoms with Gasteiger partial charge < -0.3 is 35.3 Å². The second kappa shape index (κ2) is 15.6. The van der Waals surface area contributed by atoms with Crippen LogP contribution >= 0.6 is 0 Å². The molecule has 0 spiro atoms. The van der Waals surface area contributed by atoms with E-state index in [-0.39, 0.29) is 24.0 Å². The number of aromatic hydroxyl groups is 1. The standard InChI is InChI=1S/C34H49N3O8/c1-20(2)28(37-31(41)43-19-23-14-12-11-13-15-23)29(39)36-26-18-24(38)16-17-25(26)27(21(3)30(40)44-33(5,6)7)22(4)35-32(42)45-34(8,9)10/h11-18,20-22,27-28,38H,19H2,1-10H3,(H,35,42)(H,36,39)(H,37,41). The van der Waals surface area contributed by atoms with Gasteiger partial charge in [-0.05, 0) is 71.6 Å². The summed E-state index contributed by atoms with van der Waals surface area (Å²) in [5.41, 5.74) is -0.0772. The normalized spacial score (nSPS) is 14.4. The number of phenolic OH excluding ortho intramolecular Hbond substituents is 1. The highest BCUT2D eigenvalue weighted by Crippen LogP contribution is 2.37. The maximum atomic E-state index is 13.6. The van der Waals surface area contributed by atoms with Crippen molar-refractivity contribution >= 4 is 29.8 Å². The minimum Gasteiger partial charge on any atom is -0.508 e. The van der Waals surface area contributed by atoms with E-state index in [1.165, 1.54) is 12.1 Å². The third-order valence-electron chi connectivity index (χ3n) is 6.69. The van der Waals surface area contributed by atoms with Crippen molar-refractivity contribution < 1.29 is 38.5 Å². The van der Waals surface area contributed by atoms with Crippen molar-refractivity contribution in [2.45, 2.75) is 105 Å². The molecule has 0 aliphatic rings. The number of hydrogen-bond donors (Lipinski definition) is 4. The molecule has 0 heterocycles. The number of ether oxygens (including phenoxy) is 3. The summed E-state index contributed by atoms with van der Waals surface area (Å²) in [6, 6.07) is 11.8. The molecule has 45 heavy (non-hydrogen) atoms. The lowest BCUT2D eigenvalue weighted by Gasteiger charge is -2.33. The molecule has 4 atom stereocenters. The fraction of sp³-hybridized carbons (Fsp3) is 0.529. The van der Waals surface area contributed by atoms with Crippen molar-refractivity contribution in [2.24, 2.45) is 11.8 Å². The van der Waals surface area contributed by atoms with E-state index in [0.29, 0.717) is 5.56 Å². The minimum atomic E-state index is -0.998. The minimum absolute atomic E-state index is 0.0303. The Labute approximate surface area is 266 Å². The van der Waals surface area contributed by atoms with Crippen LogP contribution in [0.4, 0.5) is 15.3 Å². The summed E-state index contributed by atoms with van der Waals surface area (Å²) in [4.78, 5) is 52.3. The molecule has 11 nitrogen and oxygen atoms in total. The molecule has 0 aliphatic heterocycles. The summed E-state index contributed by atoms with van der Waals surface area (Å²) in [6.45, 7) is 17.4. The van der Waals surface area contributed by atoms with E-state index in [0.717, 1.165) is 5.56 Å². The van der Waals surface area contributed by atoms with E-state index >= 15 is 0 Å². The maximum Gasteiger partial charge on any atom is 0.408 e. The van der Waals surface area contributed by atoms with E-state index in [1.54, 1.807) is 75.3 Å². The predicted octanol–water partition coefficient (Wildman–Crippen LogP) is 6.26. The predicted molar refractivity (Wildman–Crippen MR) is 172 cm³/mol. The van der Waals surface area contributed by atoms with E-state index in [2.05, 4.69) is 16.0 Å². The van der Waals surface area contributed by atoms with Crippen LogP contribution in [0.3, 0.4) is 0 Å². The summed E-state index contributed by atoms with van der Waals surface area (Å²) in [5, 5.41) is 18.6. The van der Waals surface area contributed by atoms with Gasteiger partial charge in [-0.2, -0.15) is 0 Å². The van der Waals surface area contributed by atoms with Crippen LogP contribution in [0.1, 0.15) is 86.3 Å². The number of carbonyl (C=O) groups excluding carboxylic acids is 4. The Kier molecular flexibility index (Phi) is 12.8. The van der Waals surface area contributed by atoms with Crippen molar-refractivity contribution in [1.29, 1.82) is 0 Å². The van der Waals surface area contributed by atoms with Gasteiger partial charge in [0.2, 0.25) is 5.91 Å². The zero-order chi connectivity index (χ0) is 34.1. The fourth-order valence-electron chi connectivity index (χ4n) is 4.68. The van der Waals surface area contributed by atoms with Gasteiger partial charge in [-0.15, -0.1) is 0 Å². The second-order valence-electron chi connectivity index (χ2n) is 13.5. The number of rotatable bonds is 11. The molecule has 3 amide bonds. The summed E-state index contributed by atoms with van der Waals surface area (Å²) in [6.07, 6.45) is -1.45. The quantitative estimate of drug-likeness (QED) is 0.168. The number of hydrogen-bond acceptors (Lipinski definition) is 8. The fourth-order valence-corrected chi connectivity index (χ4v) is 4.68. The Morgan fingerprint density at radius 1 is 0.800 bits per heavy atom. The maximum absolute atomic E-state index is 13.6. The lowest BCUT2D eigenvalue weighted by molar-refractivity contribution is -0.160. The molecule has 11 heteroatoms. The summed E-state index contributed by atoms with van der Waals surface area (Å²) in [7, 11) is 0. The highest BCUT2D eigenvalue weighted by molar-refractivity contribution is 5.97. The largest absolute Gasteiger partial charge is 0.508 e. The molecule has 0 bridgehead atoms. The van der Waals surface area contributed by atoms with Crippen LogP contribution in [0.15, 0.2) is 48.5 Å². The number of benzene rings is 2. The number of alkyl carbamates (subject to hydrolysis) is 2. The smallest absolute Gasteiger partial charge is 0.408 e. The summed E-state index contributed by atoms with van der Waals surface area (Å²) >= 11 is 0. The Morgan fingerprint density at radius 3 is 1.96 bits per heavy atom. The molecular formula is C34H49N3O8. The van der Waals surface area contributed by atoms with Crippen LogP contribution in [-0.2, 0) is 30.4 Å². The molecule has 0 radical (unpaired) electrons. The molecule has 0 fully saturated rings. The van der Waals surface area contributed by atoms with Gasteiger partial charge in [0.05, 0.1) is 5.92 Å². The number of anilines is 1. The number of nitrogens with one attached hydrogen (secondary N) is 3. The second-order valence-corrected chi connectivity index (χ2v) is 13.5. The van der Waals surface area contributed by atoms with E-state index in [9.17, 15) is 24.3 Å². The number of esters is 1. The zero-order valence-electron chi connectivity index (χ0n) is 28.0. The molecule has 4 unspecified atom stereocenters. The van der Waals surface area contributed by atoms with E-state index < -0.39 is 59.2 Å². The highest BCUT2D eigenvalue weighted by atomic mass is 16.6. The van der Waals surface area contributed by atoms with Gasteiger partial charge >= 0.3 is 18.2 Å². The van der Waals surface area contributed by atoms with Gasteiger partial charge in [0.25, 0.3) is 0 Å². The van der Waals surface area contributed by atoms with Crippen molar-refractivity contribution in [2.75, 3.05) is 5.32 Å². The first-order valence-corrected chi connectivity index (χ1v) is 15.1. The average Bonchev–Trinajstić information content (AvgIpc) is 2.90. The lowest BCUT2D eigenvalue weighted by Crippen LogP contribution is -2.47. The molecule has 0 saturated heterocycles. The van der Waals surface area contributed by atoms with Crippen LogP contribution in [0.2, 0.25) is 0 Å². The molecule has 2 aromatic rings. The Hall–Kier alpha value is -4.28. The topological polar surface area (TPSA) is 152 Å². The third kappa shape index (κ3) is 12.3. The van der Waals surface area contributed by atoms with Crippen LogP contribution < -0.4 is 16.0 Å². The molecular weight excluding hydrogens is 578 g/mol. The van der Waals surface area contributed by atoms with Gasteiger partial charge in [-0.1, -0.05) is 57.2 Å². The Morgan fingerprint density at radius 2 is 1.40 bits per heavy atom. The van der Waals surface area contributed by atoms with Crippen LogP contribution in [0.5, 0.6) is 5.75 Å². The van der Waals surface area contributed by atoms with Gasteiger partial charge in [0, 0.05) is 23.7 Å². The van der Waals surface area contributed by atoms with Gasteiger partial charge in [-0.25, -0.2) is 9.59 Å². The van der Waals surface area contributed by atoms with Gasteiger partial charge in [0.1, 0.15) is 29.6 Å². The molecule has 2 aromatic carbocycles. The van der Waals surface area contributed by atoms with Crippen LogP contribution in [0.25, 0.3) is 0 Å². The van der Waals surface area contributed by atoms with Gasteiger partial charge in [-0.3, -0.25) is 9.59 Å². The highest BCUT2D eigenvalue weighted by Gasteiger charge is 2.37. The molecule has 0 saturated carbocycles. The SMILES string of the molecule is CC(C)C(NC(=O)OCc1ccccc1)C(=O)Nc1cc(O)ccc1C(C(C)NC(=O)OC(C)(C)C)C(C)C(=O)OC(C)(C)C. The number of phenols is 1. The lowest BCUT2D eigenvalue weighted by atomic mass is 9.81. The zero-order valence-corrected chi connectivity index (χ0v) is 28.0. The number of amides is 3. The Bertz CT molecular complexity index is 1310. The molecule has 248 valence electrons. The third-order valence-corrected chi connectivity index (χ3v) is 6.69. The van der Waals surface area contributed by atoms with Crippen molar-refractivity contribution in [3.8, 4) is 5.75 Å². The number of carbonyl (C=O) groups is 4. The van der Waals surface area contributed by atoms with Crippen molar-refractivity contribution in [3.63, 3.8) is 0 Å². The first kappa shape index (κ1) is 36.9. The monoisotopic (exact) mass is 627 g/mol. The molecule has 0 aliphatic carbocycles. The van der Waals surface area contributed by atoms with Crippen molar-refractivity contribution in [3.05, 3.63) is 59.7 Å². The first-order chi connectivity index (χ1) is 20.8. The molecule has 0 aromatic heterocycles. The van der Waals surface area contributed by atoms with E-state index in [4.69, 9.17) is 14.2 Å². The summed E-state index contributed by atoms with van der Waals surface area (Å²) < 4.78 is 16.4. The summed E-state index contributed by atoms with van der Waals surface area (Å²) in [5.74, 6) is -3.09. The molecule has 2 rings (SSSR count). The van der Waals surface area contributed by atoms with Gasteiger partial charge in [0.15, 0.2) is 0 Å². The van der Waals surface area contributed by atoms with Crippen molar-refractivity contribution in [1.82, 2.24) is 10.6 Å². The Balaban J connectivity index is 2.40. The van der Waals surface area contributed by atoms with Crippen LogP contribution in [-0.4, -0.2) is 52.5 Å².